The molecule has 300 valence electrons. The van der Waals surface area contributed by atoms with E-state index in [9.17, 15) is 0 Å². The van der Waals surface area contributed by atoms with Crippen molar-refractivity contribution in [3.8, 4) is 61.3 Å². The van der Waals surface area contributed by atoms with E-state index >= 15 is 0 Å². The Morgan fingerprint density at radius 3 is 1.62 bits per heavy atom. The van der Waals surface area contributed by atoms with Crippen LogP contribution in [0.15, 0.2) is 237 Å². The summed E-state index contributed by atoms with van der Waals surface area (Å²) in [5.41, 5.74) is 24.7. The van der Waals surface area contributed by atoms with Crippen LogP contribution < -0.4 is 0 Å². The summed E-state index contributed by atoms with van der Waals surface area (Å²) in [6, 6.07) is 88.0. The van der Waals surface area contributed by atoms with Crippen molar-refractivity contribution in [3.05, 3.63) is 270 Å². The van der Waals surface area contributed by atoms with E-state index in [0.717, 1.165) is 12.1 Å². The third kappa shape index (κ3) is 5.93. The first kappa shape index (κ1) is 36.6. The molecule has 0 aliphatic heterocycles. The van der Waals surface area contributed by atoms with Crippen molar-refractivity contribution in [2.75, 3.05) is 0 Å². The maximum Gasteiger partial charge on any atom is 0.0541 e. The summed E-state index contributed by atoms with van der Waals surface area (Å²) in [7, 11) is 0. The van der Waals surface area contributed by atoms with Crippen LogP contribution >= 0.6 is 0 Å². The highest BCUT2D eigenvalue weighted by atomic mass is 15.0. The maximum absolute atomic E-state index is 2.45. The Kier molecular flexibility index (Phi) is 8.49. The zero-order valence-corrected chi connectivity index (χ0v) is 35.3. The Morgan fingerprint density at radius 1 is 0.312 bits per heavy atom. The summed E-state index contributed by atoms with van der Waals surface area (Å²) in [6.07, 6.45) is 1.01. The molecule has 11 aromatic rings. The van der Waals surface area contributed by atoms with Gasteiger partial charge in [0.2, 0.25) is 0 Å². The summed E-state index contributed by atoms with van der Waals surface area (Å²) in [5, 5.41) is 2.52. The van der Waals surface area contributed by atoms with Crippen LogP contribution in [-0.4, -0.2) is 4.57 Å². The van der Waals surface area contributed by atoms with E-state index in [1.807, 2.05) is 0 Å². The summed E-state index contributed by atoms with van der Waals surface area (Å²) in [4.78, 5) is 0. The van der Waals surface area contributed by atoms with Crippen LogP contribution in [0, 0.1) is 0 Å². The highest BCUT2D eigenvalue weighted by Crippen LogP contribution is 2.51. The molecule has 1 aromatic heterocycles. The molecule has 2 aliphatic rings. The number of hydrogen-bond donors (Lipinski definition) is 0. The number of aromatic nitrogens is 1. The van der Waals surface area contributed by atoms with Gasteiger partial charge in [0.05, 0.1) is 11.0 Å². The fourth-order valence-corrected chi connectivity index (χ4v) is 11.1. The Bertz CT molecular complexity index is 3570. The molecule has 0 amide bonds. The first-order chi connectivity index (χ1) is 31.7. The first-order valence-corrected chi connectivity index (χ1v) is 22.5. The lowest BCUT2D eigenvalue weighted by molar-refractivity contribution is 0.827. The predicted octanol–water partition coefficient (Wildman–Crippen LogP) is 16.3. The standard InChI is InChI=1S/C63H43N/c1-3-14-41(15-4-1)36-57-50-20-7-8-21-51(50)58-38-45(28-33-53(57)58)46-29-34-56-59(39-46)52-22-9-10-24-55(52)63(56)48-19-13-18-44(37-48)47-30-35-62-60(40-47)54-23-11-12-25-61(54)64(62)49-31-26-43(27-32-49)42-16-5-2-6-17-42/h1-35,37-40,57,63H,36H2. The summed E-state index contributed by atoms with van der Waals surface area (Å²) >= 11 is 0. The van der Waals surface area contributed by atoms with Crippen LogP contribution in [-0.2, 0) is 6.42 Å². The lowest BCUT2D eigenvalue weighted by Crippen LogP contribution is -2.01. The molecule has 1 heterocycles. The summed E-state index contributed by atoms with van der Waals surface area (Å²) < 4.78 is 2.41. The van der Waals surface area contributed by atoms with E-state index in [-0.39, 0.29) is 5.92 Å². The third-order valence-electron chi connectivity index (χ3n) is 14.1. The van der Waals surface area contributed by atoms with Crippen molar-refractivity contribution in [1.29, 1.82) is 0 Å². The highest BCUT2D eigenvalue weighted by Gasteiger charge is 2.32. The van der Waals surface area contributed by atoms with Crippen molar-refractivity contribution in [1.82, 2.24) is 4.57 Å². The van der Waals surface area contributed by atoms with Crippen LogP contribution in [0.1, 0.15) is 45.2 Å². The molecule has 1 heteroatoms. The lowest BCUT2D eigenvalue weighted by Gasteiger charge is -2.17. The number of hydrogen-bond acceptors (Lipinski definition) is 0. The van der Waals surface area contributed by atoms with Gasteiger partial charge in [-0.05, 0) is 138 Å². The van der Waals surface area contributed by atoms with E-state index < -0.39 is 0 Å². The molecule has 2 unspecified atom stereocenters. The molecule has 0 radical (unpaired) electrons. The molecule has 0 spiro atoms. The Morgan fingerprint density at radius 2 is 0.828 bits per heavy atom. The van der Waals surface area contributed by atoms with Gasteiger partial charge in [-0.2, -0.15) is 0 Å². The number of fused-ring (bicyclic) bond motifs is 9. The normalized spacial score (nSPS) is 14.6. The Hall–Kier alpha value is -8.00. The van der Waals surface area contributed by atoms with Gasteiger partial charge in [0.15, 0.2) is 0 Å². The van der Waals surface area contributed by atoms with Gasteiger partial charge >= 0.3 is 0 Å². The van der Waals surface area contributed by atoms with Gasteiger partial charge in [0.25, 0.3) is 0 Å². The fourth-order valence-electron chi connectivity index (χ4n) is 11.1. The lowest BCUT2D eigenvalue weighted by atomic mass is 9.87. The predicted molar refractivity (Wildman–Crippen MR) is 267 cm³/mol. The van der Waals surface area contributed by atoms with Crippen molar-refractivity contribution < 1.29 is 0 Å². The molecular weight excluding hydrogens is 771 g/mol. The van der Waals surface area contributed by atoms with E-state index in [1.54, 1.807) is 0 Å². The molecular formula is C63H43N. The molecule has 0 bridgehead atoms. The van der Waals surface area contributed by atoms with Crippen molar-refractivity contribution in [2.45, 2.75) is 18.3 Å². The van der Waals surface area contributed by atoms with Crippen molar-refractivity contribution in [3.63, 3.8) is 0 Å². The van der Waals surface area contributed by atoms with Crippen LogP contribution in [0.2, 0.25) is 0 Å². The zero-order valence-electron chi connectivity index (χ0n) is 35.3. The number of nitrogens with zero attached hydrogens (tertiary/aromatic N) is 1. The maximum atomic E-state index is 2.45. The highest BCUT2D eigenvalue weighted by molar-refractivity contribution is 6.10. The van der Waals surface area contributed by atoms with Crippen LogP contribution in [0.5, 0.6) is 0 Å². The Balaban J connectivity index is 0.855. The summed E-state index contributed by atoms with van der Waals surface area (Å²) in [6.45, 7) is 0. The molecule has 0 saturated carbocycles. The minimum Gasteiger partial charge on any atom is -0.309 e. The van der Waals surface area contributed by atoms with Crippen LogP contribution in [0.3, 0.4) is 0 Å². The second-order valence-electron chi connectivity index (χ2n) is 17.6. The topological polar surface area (TPSA) is 4.93 Å². The van der Waals surface area contributed by atoms with Gasteiger partial charge in [-0.15, -0.1) is 0 Å². The number of rotatable bonds is 7. The van der Waals surface area contributed by atoms with E-state index in [2.05, 4.69) is 241 Å². The number of para-hydroxylation sites is 1. The first-order valence-electron chi connectivity index (χ1n) is 22.5. The molecule has 2 aliphatic carbocycles. The SMILES string of the molecule is c1ccc(CC2c3ccccc3-c3cc(-c4ccc5c(c4)-c4ccccc4C5c4cccc(-c5ccc6c(c5)c5ccccc5n6-c5ccc(-c6ccccc6)cc5)c4)ccc32)cc1. The largest absolute Gasteiger partial charge is 0.309 e. The average molecular weight is 814 g/mol. The molecule has 0 saturated heterocycles. The van der Waals surface area contributed by atoms with Gasteiger partial charge in [-0.25, -0.2) is 0 Å². The van der Waals surface area contributed by atoms with Gasteiger partial charge in [0, 0.05) is 28.3 Å². The second-order valence-corrected chi connectivity index (χ2v) is 17.6. The van der Waals surface area contributed by atoms with E-state index in [4.69, 9.17) is 0 Å². The minimum absolute atomic E-state index is 0.148. The molecule has 0 fully saturated rings. The second kappa shape index (κ2) is 14.8. The molecule has 2 atom stereocenters. The zero-order chi connectivity index (χ0) is 42.1. The molecule has 64 heavy (non-hydrogen) atoms. The molecule has 13 rings (SSSR count). The summed E-state index contributed by atoms with van der Waals surface area (Å²) in [5.74, 6) is 0.507. The third-order valence-corrected chi connectivity index (χ3v) is 14.1. The van der Waals surface area contributed by atoms with Crippen molar-refractivity contribution >= 4 is 21.8 Å². The van der Waals surface area contributed by atoms with Crippen LogP contribution in [0.25, 0.3) is 83.1 Å². The molecule has 1 nitrogen and oxygen atoms in total. The molecule has 0 N–H and O–H groups in total. The number of benzene rings is 10. The van der Waals surface area contributed by atoms with Crippen LogP contribution in [0.4, 0.5) is 0 Å². The Labute approximate surface area is 374 Å². The van der Waals surface area contributed by atoms with Gasteiger partial charge in [-0.1, -0.05) is 194 Å². The monoisotopic (exact) mass is 813 g/mol. The van der Waals surface area contributed by atoms with Gasteiger partial charge in [0.1, 0.15) is 0 Å². The minimum atomic E-state index is 0.148. The smallest absolute Gasteiger partial charge is 0.0541 e. The van der Waals surface area contributed by atoms with Gasteiger partial charge < -0.3 is 4.57 Å². The molecule has 10 aromatic carbocycles. The quantitative estimate of drug-likeness (QED) is 0.151. The van der Waals surface area contributed by atoms with E-state index in [1.165, 1.54) is 111 Å². The average Bonchev–Trinajstić information content (AvgIpc) is 3.99. The van der Waals surface area contributed by atoms with E-state index in [0.29, 0.717) is 5.92 Å². The van der Waals surface area contributed by atoms with Gasteiger partial charge in [-0.3, -0.25) is 0 Å². The van der Waals surface area contributed by atoms with Crippen molar-refractivity contribution in [2.24, 2.45) is 0 Å². The fraction of sp³-hybridized carbons (Fsp3) is 0.0476.